The summed E-state index contributed by atoms with van der Waals surface area (Å²) in [4.78, 5) is 10.1. The van der Waals surface area contributed by atoms with Crippen LogP contribution in [0, 0.1) is 0 Å². The van der Waals surface area contributed by atoms with Gasteiger partial charge in [-0.2, -0.15) is 13.2 Å². The number of ether oxygens (including phenoxy) is 1. The zero-order valence-electron chi connectivity index (χ0n) is 11.6. The summed E-state index contributed by atoms with van der Waals surface area (Å²) < 4.78 is 43.0. The molecule has 0 unspecified atom stereocenters. The summed E-state index contributed by atoms with van der Waals surface area (Å²) >= 11 is 0. The number of hydrogen-bond donors (Lipinski definition) is 0. The molecule has 21 heavy (non-hydrogen) atoms. The van der Waals surface area contributed by atoms with Gasteiger partial charge in [0.1, 0.15) is 11.4 Å². The fourth-order valence-corrected chi connectivity index (χ4v) is 1.67. The van der Waals surface area contributed by atoms with Gasteiger partial charge in [-0.05, 0) is 38.4 Å². The van der Waals surface area contributed by atoms with E-state index in [0.29, 0.717) is 12.2 Å². The summed E-state index contributed by atoms with van der Waals surface area (Å²) in [5.41, 5.74) is -0.107. The van der Waals surface area contributed by atoms with Crippen molar-refractivity contribution in [2.24, 2.45) is 0 Å². The minimum Gasteiger partial charge on any atom is -0.437 e. The van der Waals surface area contributed by atoms with Gasteiger partial charge in [0.25, 0.3) is 0 Å². The lowest BCUT2D eigenvalue weighted by atomic mass is 10.2. The van der Waals surface area contributed by atoms with Crippen molar-refractivity contribution in [2.75, 3.05) is 14.1 Å². The molecule has 0 saturated heterocycles. The Labute approximate surface area is 120 Å². The van der Waals surface area contributed by atoms with E-state index in [1.54, 1.807) is 6.20 Å². The Morgan fingerprint density at radius 3 is 2.24 bits per heavy atom. The summed E-state index contributed by atoms with van der Waals surface area (Å²) in [6, 6.07) is 4.46. The van der Waals surface area contributed by atoms with Crippen LogP contribution in [0.4, 0.5) is 13.2 Å². The summed E-state index contributed by atoms with van der Waals surface area (Å²) in [5.74, 6) is 0.564. The van der Waals surface area contributed by atoms with E-state index in [1.165, 1.54) is 18.3 Å². The van der Waals surface area contributed by atoms with Crippen LogP contribution in [0.5, 0.6) is 11.6 Å². The Morgan fingerprint density at radius 1 is 1.05 bits per heavy atom. The van der Waals surface area contributed by atoms with Crippen molar-refractivity contribution in [3.8, 4) is 11.6 Å². The van der Waals surface area contributed by atoms with Crippen LogP contribution in [0.1, 0.15) is 11.3 Å². The predicted molar refractivity (Wildman–Crippen MR) is 70.9 cm³/mol. The summed E-state index contributed by atoms with van der Waals surface area (Å²) in [6.45, 7) is 0.518. The highest BCUT2D eigenvalue weighted by molar-refractivity contribution is 5.32. The minimum absolute atomic E-state index is 0.281. The van der Waals surface area contributed by atoms with E-state index in [4.69, 9.17) is 4.74 Å². The smallest absolute Gasteiger partial charge is 0.416 e. The third kappa shape index (κ3) is 4.16. The molecule has 1 aromatic heterocycles. The molecular formula is C14H14F3N3O. The average Bonchev–Trinajstić information content (AvgIpc) is 2.40. The van der Waals surface area contributed by atoms with Crippen LogP contribution >= 0.6 is 0 Å². The van der Waals surface area contributed by atoms with Crippen molar-refractivity contribution in [2.45, 2.75) is 12.7 Å². The second kappa shape index (κ2) is 6.09. The Morgan fingerprint density at radius 2 is 1.67 bits per heavy atom. The number of halogens is 3. The molecule has 0 radical (unpaired) electrons. The number of aromatic nitrogens is 2. The zero-order valence-corrected chi connectivity index (χ0v) is 11.6. The van der Waals surface area contributed by atoms with Crippen molar-refractivity contribution in [3.63, 3.8) is 0 Å². The molecule has 0 spiro atoms. The van der Waals surface area contributed by atoms with E-state index in [0.717, 1.165) is 12.1 Å². The first kappa shape index (κ1) is 15.2. The van der Waals surface area contributed by atoms with Crippen molar-refractivity contribution in [1.82, 2.24) is 14.9 Å². The Balaban J connectivity index is 2.19. The molecule has 0 aliphatic rings. The van der Waals surface area contributed by atoms with Gasteiger partial charge in [0.15, 0.2) is 0 Å². The van der Waals surface area contributed by atoms with Crippen molar-refractivity contribution in [1.29, 1.82) is 0 Å². The molecule has 7 heteroatoms. The Hall–Kier alpha value is -2.15. The molecule has 0 fully saturated rings. The summed E-state index contributed by atoms with van der Waals surface area (Å²) in [6.07, 6.45) is -1.35. The highest BCUT2D eigenvalue weighted by Crippen LogP contribution is 2.31. The minimum atomic E-state index is -4.36. The van der Waals surface area contributed by atoms with Gasteiger partial charge in [0.2, 0.25) is 5.88 Å². The van der Waals surface area contributed by atoms with Gasteiger partial charge in [-0.3, -0.25) is 4.98 Å². The molecule has 0 bridgehead atoms. The maximum atomic E-state index is 12.5. The van der Waals surface area contributed by atoms with Crippen LogP contribution in [0.25, 0.3) is 0 Å². The lowest BCUT2D eigenvalue weighted by molar-refractivity contribution is -0.137. The topological polar surface area (TPSA) is 38.2 Å². The van der Waals surface area contributed by atoms with Gasteiger partial charge in [-0.25, -0.2) is 4.98 Å². The maximum absolute atomic E-state index is 12.5. The first-order valence-electron chi connectivity index (χ1n) is 6.16. The van der Waals surface area contributed by atoms with Gasteiger partial charge in [-0.15, -0.1) is 0 Å². The fraction of sp³-hybridized carbons (Fsp3) is 0.286. The molecule has 0 aliphatic carbocycles. The molecule has 1 aromatic carbocycles. The highest BCUT2D eigenvalue weighted by atomic mass is 19.4. The molecule has 0 saturated carbocycles. The summed E-state index contributed by atoms with van der Waals surface area (Å²) in [5, 5.41) is 0. The van der Waals surface area contributed by atoms with Crippen LogP contribution in [-0.4, -0.2) is 29.0 Å². The molecule has 2 aromatic rings. The number of hydrogen-bond acceptors (Lipinski definition) is 4. The van der Waals surface area contributed by atoms with E-state index >= 15 is 0 Å². The first-order chi connectivity index (χ1) is 9.86. The van der Waals surface area contributed by atoms with Gasteiger partial charge in [0, 0.05) is 18.9 Å². The number of alkyl halides is 3. The third-order valence-corrected chi connectivity index (χ3v) is 2.60. The standard InChI is InChI=1S/C14H14F3N3O/c1-20(2)9-12-13(19-8-7-18-12)21-11-5-3-10(4-6-11)14(15,16)17/h3-8H,9H2,1-2H3. The zero-order chi connectivity index (χ0) is 15.5. The Kier molecular flexibility index (Phi) is 4.42. The third-order valence-electron chi connectivity index (χ3n) is 2.60. The molecule has 0 atom stereocenters. The number of benzene rings is 1. The van der Waals surface area contributed by atoms with Gasteiger partial charge in [-0.1, -0.05) is 0 Å². The Bertz CT molecular complexity index is 597. The van der Waals surface area contributed by atoms with Crippen LogP contribution in [0.2, 0.25) is 0 Å². The molecule has 2 rings (SSSR count). The average molecular weight is 297 g/mol. The lowest BCUT2D eigenvalue weighted by Gasteiger charge is -2.13. The predicted octanol–water partition coefficient (Wildman–Crippen LogP) is 3.35. The normalized spacial score (nSPS) is 11.7. The van der Waals surface area contributed by atoms with Crippen LogP contribution in [0.15, 0.2) is 36.7 Å². The van der Waals surface area contributed by atoms with E-state index in [9.17, 15) is 13.2 Å². The highest BCUT2D eigenvalue weighted by Gasteiger charge is 2.30. The van der Waals surface area contributed by atoms with E-state index < -0.39 is 11.7 Å². The maximum Gasteiger partial charge on any atom is 0.416 e. The SMILES string of the molecule is CN(C)Cc1nccnc1Oc1ccc(C(F)(F)F)cc1. The largest absolute Gasteiger partial charge is 0.437 e. The van der Waals surface area contributed by atoms with Gasteiger partial charge in [0.05, 0.1) is 5.56 Å². The van der Waals surface area contributed by atoms with Crippen LogP contribution < -0.4 is 4.74 Å². The monoisotopic (exact) mass is 297 g/mol. The summed E-state index contributed by atoms with van der Waals surface area (Å²) in [7, 11) is 3.74. The molecule has 112 valence electrons. The molecule has 0 N–H and O–H groups in total. The van der Waals surface area contributed by atoms with Gasteiger partial charge < -0.3 is 9.64 Å². The van der Waals surface area contributed by atoms with E-state index in [1.807, 2.05) is 19.0 Å². The van der Waals surface area contributed by atoms with Crippen molar-refractivity contribution < 1.29 is 17.9 Å². The lowest BCUT2D eigenvalue weighted by Crippen LogP contribution is -2.13. The van der Waals surface area contributed by atoms with Crippen LogP contribution in [-0.2, 0) is 12.7 Å². The van der Waals surface area contributed by atoms with Crippen LogP contribution in [0.3, 0.4) is 0 Å². The quantitative estimate of drug-likeness (QED) is 0.867. The second-order valence-corrected chi connectivity index (χ2v) is 4.67. The van der Waals surface area contributed by atoms with Crippen molar-refractivity contribution >= 4 is 0 Å². The van der Waals surface area contributed by atoms with E-state index in [2.05, 4.69) is 9.97 Å². The van der Waals surface area contributed by atoms with E-state index in [-0.39, 0.29) is 11.6 Å². The molecule has 0 aliphatic heterocycles. The molecule has 0 amide bonds. The molecular weight excluding hydrogens is 283 g/mol. The molecule has 1 heterocycles. The number of nitrogens with zero attached hydrogens (tertiary/aromatic N) is 3. The fourth-order valence-electron chi connectivity index (χ4n) is 1.67. The second-order valence-electron chi connectivity index (χ2n) is 4.67. The van der Waals surface area contributed by atoms with Crippen molar-refractivity contribution in [3.05, 3.63) is 47.9 Å². The number of rotatable bonds is 4. The first-order valence-corrected chi connectivity index (χ1v) is 6.16. The molecule has 4 nitrogen and oxygen atoms in total. The van der Waals surface area contributed by atoms with Gasteiger partial charge >= 0.3 is 6.18 Å².